The minimum absolute atomic E-state index is 0. The van der Waals surface area contributed by atoms with E-state index in [0.29, 0.717) is 17.1 Å². The lowest BCUT2D eigenvalue weighted by Crippen LogP contribution is -2.47. The Kier molecular flexibility index (Phi) is 13.3. The number of likely N-dealkylation sites (tertiary alicyclic amines) is 1. The van der Waals surface area contributed by atoms with Gasteiger partial charge < -0.3 is 19.7 Å². The Labute approximate surface area is 193 Å². The minimum atomic E-state index is -0.233. The zero-order valence-electron chi connectivity index (χ0n) is 16.8. The van der Waals surface area contributed by atoms with Crippen LogP contribution in [0.1, 0.15) is 31.7 Å². The largest absolute Gasteiger partial charge is 0.385 e. The van der Waals surface area contributed by atoms with Crippen molar-refractivity contribution >= 4 is 45.9 Å². The molecule has 0 saturated carbocycles. The molecule has 5 nitrogen and oxygen atoms in total. The van der Waals surface area contributed by atoms with Gasteiger partial charge in [-0.1, -0.05) is 6.07 Å². The van der Waals surface area contributed by atoms with Gasteiger partial charge >= 0.3 is 0 Å². The number of nitrogens with one attached hydrogen (secondary N) is 1. The summed E-state index contributed by atoms with van der Waals surface area (Å²) in [6.07, 6.45) is 4.09. The molecular formula is C20H32BrFIN3O2. The number of methoxy groups -OCH3 is 1. The molecule has 1 saturated heterocycles. The van der Waals surface area contributed by atoms with Crippen molar-refractivity contribution in [3.63, 3.8) is 0 Å². The van der Waals surface area contributed by atoms with E-state index < -0.39 is 0 Å². The zero-order chi connectivity index (χ0) is 19.5. The summed E-state index contributed by atoms with van der Waals surface area (Å²) in [5, 5.41) is 3.38. The molecule has 0 aliphatic carbocycles. The smallest absolute Gasteiger partial charge is 0.193 e. The first-order valence-electron chi connectivity index (χ1n) is 9.71. The van der Waals surface area contributed by atoms with Crippen LogP contribution in [0.15, 0.2) is 27.7 Å². The van der Waals surface area contributed by atoms with Gasteiger partial charge in [0.1, 0.15) is 5.82 Å². The van der Waals surface area contributed by atoms with Gasteiger partial charge in [-0.05, 0) is 66.2 Å². The number of aliphatic imine (C=N–C) groups is 1. The highest BCUT2D eigenvalue weighted by Gasteiger charge is 2.21. The molecule has 0 amide bonds. The van der Waals surface area contributed by atoms with Gasteiger partial charge in [-0.3, -0.25) is 4.99 Å². The molecule has 0 bridgehead atoms. The molecule has 1 N–H and O–H groups in total. The van der Waals surface area contributed by atoms with Crippen molar-refractivity contribution in [2.24, 2.45) is 4.99 Å². The van der Waals surface area contributed by atoms with Crippen LogP contribution in [0.2, 0.25) is 0 Å². The molecule has 0 atom stereocenters. The summed E-state index contributed by atoms with van der Waals surface area (Å²) < 4.78 is 24.8. The Bertz CT molecular complexity index is 599. The SMILES string of the molecule is CCNC(=NCCc1ccc(F)c(Br)c1)N1CCC(OCCCOC)CC1.I. The molecular weight excluding hydrogens is 540 g/mol. The van der Waals surface area contributed by atoms with E-state index in [2.05, 4.69) is 33.1 Å². The van der Waals surface area contributed by atoms with E-state index in [0.717, 1.165) is 70.1 Å². The van der Waals surface area contributed by atoms with Crippen LogP contribution in [-0.4, -0.2) is 63.5 Å². The first-order valence-corrected chi connectivity index (χ1v) is 10.5. The van der Waals surface area contributed by atoms with Crippen LogP contribution in [0, 0.1) is 5.82 Å². The number of piperidine rings is 1. The molecule has 1 fully saturated rings. The average Bonchev–Trinajstić information content (AvgIpc) is 2.68. The number of nitrogens with zero attached hydrogens (tertiary/aromatic N) is 2. The lowest BCUT2D eigenvalue weighted by molar-refractivity contribution is 0.00991. The van der Waals surface area contributed by atoms with Crippen molar-refractivity contribution in [1.82, 2.24) is 10.2 Å². The third kappa shape index (κ3) is 8.92. The van der Waals surface area contributed by atoms with Crippen molar-refractivity contribution < 1.29 is 13.9 Å². The minimum Gasteiger partial charge on any atom is -0.385 e. The quantitative estimate of drug-likeness (QED) is 0.208. The standard InChI is InChI=1S/C20H31BrFN3O2.HI/c1-3-23-20(24-10-7-16-5-6-19(22)18(21)15-16)25-11-8-17(9-12-25)27-14-4-13-26-2;/h5-6,15,17H,3-4,7-14H2,1-2H3,(H,23,24);1H. The van der Waals surface area contributed by atoms with Crippen LogP contribution in [0.5, 0.6) is 0 Å². The maximum absolute atomic E-state index is 13.3. The third-order valence-corrected chi connectivity index (χ3v) is 5.18. The van der Waals surface area contributed by atoms with Gasteiger partial charge in [0.2, 0.25) is 0 Å². The van der Waals surface area contributed by atoms with Crippen LogP contribution in [-0.2, 0) is 15.9 Å². The van der Waals surface area contributed by atoms with Crippen LogP contribution in [0.3, 0.4) is 0 Å². The topological polar surface area (TPSA) is 46.1 Å². The number of rotatable bonds is 9. The summed E-state index contributed by atoms with van der Waals surface area (Å²) in [4.78, 5) is 7.07. The summed E-state index contributed by atoms with van der Waals surface area (Å²) in [6, 6.07) is 5.13. The van der Waals surface area contributed by atoms with Crippen LogP contribution in [0.25, 0.3) is 0 Å². The number of hydrogen-bond donors (Lipinski definition) is 1. The second-order valence-electron chi connectivity index (χ2n) is 6.64. The van der Waals surface area contributed by atoms with Gasteiger partial charge in [-0.25, -0.2) is 4.39 Å². The van der Waals surface area contributed by atoms with E-state index in [-0.39, 0.29) is 29.8 Å². The highest BCUT2D eigenvalue weighted by Crippen LogP contribution is 2.17. The lowest BCUT2D eigenvalue weighted by atomic mass is 10.1. The first kappa shape index (κ1) is 25.6. The van der Waals surface area contributed by atoms with Crippen molar-refractivity contribution in [3.8, 4) is 0 Å². The molecule has 0 radical (unpaired) electrons. The summed E-state index contributed by atoms with van der Waals surface area (Å²) in [5.74, 6) is 0.722. The van der Waals surface area contributed by atoms with E-state index in [1.54, 1.807) is 7.11 Å². The maximum atomic E-state index is 13.3. The Balaban J connectivity index is 0.00000392. The third-order valence-electron chi connectivity index (χ3n) is 4.57. The van der Waals surface area contributed by atoms with Crippen LogP contribution in [0.4, 0.5) is 4.39 Å². The Hall–Kier alpha value is -0.450. The number of benzene rings is 1. The zero-order valence-corrected chi connectivity index (χ0v) is 20.7. The summed E-state index contributed by atoms with van der Waals surface area (Å²) in [5.41, 5.74) is 1.08. The lowest BCUT2D eigenvalue weighted by Gasteiger charge is -2.34. The van der Waals surface area contributed by atoms with Crippen molar-refractivity contribution in [2.45, 2.75) is 38.7 Å². The monoisotopic (exact) mass is 571 g/mol. The molecule has 160 valence electrons. The van der Waals surface area contributed by atoms with Gasteiger partial charge in [0.05, 0.1) is 10.6 Å². The number of hydrogen-bond acceptors (Lipinski definition) is 3. The van der Waals surface area contributed by atoms with Gasteiger partial charge in [0.15, 0.2) is 5.96 Å². The highest BCUT2D eigenvalue weighted by molar-refractivity contribution is 14.0. The van der Waals surface area contributed by atoms with Gasteiger partial charge in [0, 0.05) is 46.5 Å². The Morgan fingerprint density at radius 1 is 1.32 bits per heavy atom. The highest BCUT2D eigenvalue weighted by atomic mass is 127. The number of ether oxygens (including phenoxy) is 2. The normalized spacial score (nSPS) is 15.4. The Morgan fingerprint density at radius 2 is 2.07 bits per heavy atom. The van der Waals surface area contributed by atoms with E-state index in [9.17, 15) is 4.39 Å². The predicted octanol–water partition coefficient (Wildman–Crippen LogP) is 4.23. The molecule has 0 aromatic heterocycles. The van der Waals surface area contributed by atoms with Crippen molar-refractivity contribution in [2.75, 3.05) is 46.5 Å². The summed E-state index contributed by atoms with van der Waals surface area (Å²) in [7, 11) is 1.72. The maximum Gasteiger partial charge on any atom is 0.193 e. The van der Waals surface area contributed by atoms with Crippen LogP contribution < -0.4 is 5.32 Å². The molecule has 2 rings (SSSR count). The Morgan fingerprint density at radius 3 is 2.71 bits per heavy atom. The molecule has 28 heavy (non-hydrogen) atoms. The molecule has 8 heteroatoms. The van der Waals surface area contributed by atoms with Crippen molar-refractivity contribution in [1.29, 1.82) is 0 Å². The van der Waals surface area contributed by atoms with Crippen molar-refractivity contribution in [3.05, 3.63) is 34.1 Å². The summed E-state index contributed by atoms with van der Waals surface area (Å²) in [6.45, 7) is 7.01. The molecule has 0 unspecified atom stereocenters. The van der Waals surface area contributed by atoms with E-state index in [4.69, 9.17) is 14.5 Å². The molecule has 1 heterocycles. The average molecular weight is 572 g/mol. The van der Waals surface area contributed by atoms with E-state index in [1.807, 2.05) is 12.1 Å². The second kappa shape index (κ2) is 14.5. The van der Waals surface area contributed by atoms with Gasteiger partial charge in [-0.2, -0.15) is 0 Å². The fraction of sp³-hybridized carbons (Fsp3) is 0.650. The first-order chi connectivity index (χ1) is 13.1. The van der Waals surface area contributed by atoms with Crippen LogP contribution >= 0.6 is 39.9 Å². The molecule has 0 spiro atoms. The van der Waals surface area contributed by atoms with E-state index in [1.165, 1.54) is 6.07 Å². The van der Waals surface area contributed by atoms with Gasteiger partial charge in [0.25, 0.3) is 0 Å². The number of guanidine groups is 1. The fourth-order valence-electron chi connectivity index (χ4n) is 3.10. The summed E-state index contributed by atoms with van der Waals surface area (Å²) >= 11 is 3.24. The number of halogens is 3. The second-order valence-corrected chi connectivity index (χ2v) is 7.49. The predicted molar refractivity (Wildman–Crippen MR) is 126 cm³/mol. The molecule has 1 aromatic rings. The molecule has 1 aromatic carbocycles. The fourth-order valence-corrected chi connectivity index (χ4v) is 3.53. The molecule has 1 aliphatic heterocycles. The van der Waals surface area contributed by atoms with E-state index >= 15 is 0 Å². The molecule has 1 aliphatic rings. The van der Waals surface area contributed by atoms with Gasteiger partial charge in [-0.15, -0.1) is 24.0 Å².